The SMILES string of the molecule is CC(C)C(=O)NCCOCCNC(=O)OC[C@@H]1[C@@H]2CCc3c(nnn3C(C)C)CC[C@@H]21. The number of nitrogens with zero attached hydrogens (tertiary/aromatic N) is 3. The van der Waals surface area contributed by atoms with Crippen molar-refractivity contribution in [1.29, 1.82) is 0 Å². The molecule has 2 aliphatic rings. The number of ether oxygens (including phenoxy) is 2. The molecule has 2 amide bonds. The van der Waals surface area contributed by atoms with Gasteiger partial charge in [0.15, 0.2) is 0 Å². The molecule has 174 valence electrons. The largest absolute Gasteiger partial charge is 0.449 e. The topological polar surface area (TPSA) is 107 Å². The molecule has 1 fully saturated rings. The first-order chi connectivity index (χ1) is 14.9. The number of fused-ring (bicyclic) bond motifs is 2. The first-order valence-electron chi connectivity index (χ1n) is 11.6. The Labute approximate surface area is 184 Å². The van der Waals surface area contributed by atoms with E-state index in [0.717, 1.165) is 31.4 Å². The van der Waals surface area contributed by atoms with Gasteiger partial charge in [0.05, 0.1) is 31.2 Å². The van der Waals surface area contributed by atoms with E-state index in [1.807, 2.05) is 13.8 Å². The van der Waals surface area contributed by atoms with Crippen molar-refractivity contribution in [3.63, 3.8) is 0 Å². The summed E-state index contributed by atoms with van der Waals surface area (Å²) in [7, 11) is 0. The highest BCUT2D eigenvalue weighted by atomic mass is 16.5. The summed E-state index contributed by atoms with van der Waals surface area (Å²) in [4.78, 5) is 23.4. The lowest BCUT2D eigenvalue weighted by molar-refractivity contribution is -0.124. The number of aryl methyl sites for hydroxylation is 1. The van der Waals surface area contributed by atoms with Crippen LogP contribution in [0.25, 0.3) is 0 Å². The van der Waals surface area contributed by atoms with Gasteiger partial charge in [-0.15, -0.1) is 5.10 Å². The third kappa shape index (κ3) is 6.41. The quantitative estimate of drug-likeness (QED) is 0.545. The van der Waals surface area contributed by atoms with Gasteiger partial charge >= 0.3 is 6.09 Å². The minimum absolute atomic E-state index is 0.0133. The van der Waals surface area contributed by atoms with Crippen molar-refractivity contribution < 1.29 is 19.1 Å². The fourth-order valence-electron chi connectivity index (χ4n) is 4.45. The molecule has 2 aliphatic carbocycles. The normalized spacial score (nSPS) is 22.3. The van der Waals surface area contributed by atoms with Gasteiger partial charge < -0.3 is 20.1 Å². The van der Waals surface area contributed by atoms with Gasteiger partial charge in [-0.25, -0.2) is 9.48 Å². The van der Waals surface area contributed by atoms with Gasteiger partial charge in [0, 0.05) is 25.0 Å². The summed E-state index contributed by atoms with van der Waals surface area (Å²) in [5, 5.41) is 14.2. The van der Waals surface area contributed by atoms with Gasteiger partial charge in [-0.1, -0.05) is 19.1 Å². The van der Waals surface area contributed by atoms with Crippen LogP contribution in [0, 0.1) is 23.7 Å². The molecule has 1 aromatic heterocycles. The highest BCUT2D eigenvalue weighted by Crippen LogP contribution is 2.52. The van der Waals surface area contributed by atoms with Crippen molar-refractivity contribution in [3.05, 3.63) is 11.4 Å². The Kier molecular flexibility index (Phi) is 8.28. The van der Waals surface area contributed by atoms with E-state index in [4.69, 9.17) is 9.47 Å². The lowest BCUT2D eigenvalue weighted by atomic mass is 10.0. The summed E-state index contributed by atoms with van der Waals surface area (Å²) in [6.07, 6.45) is 3.76. The van der Waals surface area contributed by atoms with Crippen LogP contribution in [0.15, 0.2) is 0 Å². The number of nitrogens with one attached hydrogen (secondary N) is 2. The Morgan fingerprint density at radius 3 is 2.42 bits per heavy atom. The average Bonchev–Trinajstić information content (AvgIpc) is 3.20. The molecule has 0 unspecified atom stereocenters. The first kappa shape index (κ1) is 23.5. The van der Waals surface area contributed by atoms with Crippen LogP contribution in [0.2, 0.25) is 0 Å². The smallest absolute Gasteiger partial charge is 0.407 e. The molecule has 0 spiro atoms. The van der Waals surface area contributed by atoms with E-state index < -0.39 is 6.09 Å². The fourth-order valence-corrected chi connectivity index (χ4v) is 4.45. The third-order valence-electron chi connectivity index (χ3n) is 6.29. The molecular weight excluding hydrogens is 398 g/mol. The maximum Gasteiger partial charge on any atom is 0.407 e. The Balaban J connectivity index is 1.27. The summed E-state index contributed by atoms with van der Waals surface area (Å²) >= 11 is 0. The van der Waals surface area contributed by atoms with E-state index in [9.17, 15) is 9.59 Å². The van der Waals surface area contributed by atoms with Gasteiger partial charge in [0.25, 0.3) is 0 Å². The Bertz CT molecular complexity index is 748. The molecule has 0 bridgehead atoms. The number of aromatic nitrogens is 3. The number of hydrogen-bond donors (Lipinski definition) is 2. The molecule has 0 saturated heterocycles. The van der Waals surface area contributed by atoms with Crippen LogP contribution in [-0.2, 0) is 27.1 Å². The van der Waals surface area contributed by atoms with Gasteiger partial charge in [0.1, 0.15) is 0 Å². The maximum absolute atomic E-state index is 12.0. The van der Waals surface area contributed by atoms with E-state index in [0.29, 0.717) is 56.7 Å². The van der Waals surface area contributed by atoms with Crippen LogP contribution in [0.1, 0.15) is 58.0 Å². The van der Waals surface area contributed by atoms with E-state index in [-0.39, 0.29) is 11.8 Å². The standard InChI is InChI=1S/C22H37N5O4/c1-14(2)21(28)23-9-11-30-12-10-24-22(29)31-13-18-16-5-7-19-20(8-6-17(16)18)27(15(3)4)26-25-19/h14-18H,5-13H2,1-4H3,(H,23,28)(H,24,29)/t16-,17+,18-/m0/s1. The second kappa shape index (κ2) is 10.9. The van der Waals surface area contributed by atoms with E-state index in [2.05, 4.69) is 39.5 Å². The molecule has 1 saturated carbocycles. The predicted molar refractivity (Wildman–Crippen MR) is 116 cm³/mol. The Morgan fingerprint density at radius 1 is 1.06 bits per heavy atom. The van der Waals surface area contributed by atoms with Gasteiger partial charge in [-0.2, -0.15) is 0 Å². The van der Waals surface area contributed by atoms with Crippen LogP contribution in [0.3, 0.4) is 0 Å². The van der Waals surface area contributed by atoms with Crippen molar-refractivity contribution in [2.24, 2.45) is 23.7 Å². The number of carbonyl (C=O) groups is 2. The predicted octanol–water partition coefficient (Wildman–Crippen LogP) is 2.11. The molecule has 3 atom stereocenters. The van der Waals surface area contributed by atoms with E-state index >= 15 is 0 Å². The Morgan fingerprint density at radius 2 is 1.74 bits per heavy atom. The summed E-state index contributed by atoms with van der Waals surface area (Å²) in [5.74, 6) is 1.68. The summed E-state index contributed by atoms with van der Waals surface area (Å²) < 4.78 is 12.9. The average molecular weight is 436 g/mol. The molecule has 1 aromatic rings. The summed E-state index contributed by atoms with van der Waals surface area (Å²) in [5.41, 5.74) is 2.42. The minimum Gasteiger partial charge on any atom is -0.449 e. The van der Waals surface area contributed by atoms with Crippen molar-refractivity contribution in [1.82, 2.24) is 25.6 Å². The van der Waals surface area contributed by atoms with Crippen molar-refractivity contribution >= 4 is 12.0 Å². The van der Waals surface area contributed by atoms with Crippen LogP contribution in [0.5, 0.6) is 0 Å². The Hall–Kier alpha value is -2.16. The molecule has 2 N–H and O–H groups in total. The zero-order chi connectivity index (χ0) is 22.4. The molecule has 0 aliphatic heterocycles. The second-order valence-electron chi connectivity index (χ2n) is 9.17. The number of alkyl carbamates (subject to hydrolysis) is 1. The van der Waals surface area contributed by atoms with Crippen LogP contribution >= 0.6 is 0 Å². The van der Waals surface area contributed by atoms with E-state index in [1.165, 1.54) is 5.69 Å². The molecule has 9 nitrogen and oxygen atoms in total. The zero-order valence-electron chi connectivity index (χ0n) is 19.2. The highest BCUT2D eigenvalue weighted by molar-refractivity contribution is 5.77. The van der Waals surface area contributed by atoms with E-state index in [1.54, 1.807) is 0 Å². The van der Waals surface area contributed by atoms with Crippen LogP contribution in [-0.4, -0.2) is 59.9 Å². The van der Waals surface area contributed by atoms with Gasteiger partial charge in [-0.3, -0.25) is 4.79 Å². The highest BCUT2D eigenvalue weighted by Gasteiger charge is 2.50. The minimum atomic E-state index is -0.392. The van der Waals surface area contributed by atoms with Crippen LogP contribution in [0.4, 0.5) is 4.79 Å². The third-order valence-corrected chi connectivity index (χ3v) is 6.29. The maximum atomic E-state index is 12.0. The molecule has 0 aromatic carbocycles. The first-order valence-corrected chi connectivity index (χ1v) is 11.6. The van der Waals surface area contributed by atoms with Crippen molar-refractivity contribution in [2.45, 2.75) is 59.4 Å². The molecule has 3 rings (SSSR count). The summed E-state index contributed by atoms with van der Waals surface area (Å²) in [6, 6.07) is 0.330. The van der Waals surface area contributed by atoms with Gasteiger partial charge in [-0.05, 0) is 57.3 Å². The molecule has 9 heteroatoms. The number of carbonyl (C=O) groups excluding carboxylic acids is 2. The summed E-state index contributed by atoms with van der Waals surface area (Å²) in [6.45, 7) is 10.1. The number of hydrogen-bond acceptors (Lipinski definition) is 6. The zero-order valence-corrected chi connectivity index (χ0v) is 19.2. The van der Waals surface area contributed by atoms with Crippen molar-refractivity contribution in [2.75, 3.05) is 32.9 Å². The van der Waals surface area contributed by atoms with Gasteiger partial charge in [0.2, 0.25) is 5.91 Å². The van der Waals surface area contributed by atoms with Crippen LogP contribution < -0.4 is 10.6 Å². The number of rotatable bonds is 10. The molecule has 1 heterocycles. The monoisotopic (exact) mass is 435 g/mol. The molecular formula is C22H37N5O4. The van der Waals surface area contributed by atoms with Crippen molar-refractivity contribution in [3.8, 4) is 0 Å². The fraction of sp³-hybridized carbons (Fsp3) is 0.818. The number of amides is 2. The molecule has 0 radical (unpaired) electrons. The lowest BCUT2D eigenvalue weighted by Gasteiger charge is -2.12. The lowest BCUT2D eigenvalue weighted by Crippen LogP contribution is -2.32. The second-order valence-corrected chi connectivity index (χ2v) is 9.17. The molecule has 31 heavy (non-hydrogen) atoms.